The minimum atomic E-state index is -0.671. The summed E-state index contributed by atoms with van der Waals surface area (Å²) in [4.78, 5) is 27.8. The smallest absolute Gasteiger partial charge is 0.160 e. The first-order chi connectivity index (χ1) is 10.8. The van der Waals surface area contributed by atoms with Crippen molar-refractivity contribution in [2.75, 3.05) is 0 Å². The SMILES string of the molecule is CC(C)(C)C(=O)/C=C(\[O-])c1cccc(/C([O-])=C/C(=O)C(C)(C)C)n1. The Labute approximate surface area is 142 Å². The van der Waals surface area contributed by atoms with Gasteiger partial charge in [0.05, 0.1) is 11.4 Å². The van der Waals surface area contributed by atoms with E-state index in [1.807, 2.05) is 0 Å². The molecule has 1 aromatic heterocycles. The molecule has 0 aliphatic heterocycles. The van der Waals surface area contributed by atoms with Crippen molar-refractivity contribution in [2.45, 2.75) is 41.5 Å². The molecule has 0 saturated carbocycles. The largest absolute Gasteiger partial charge is 0.871 e. The maximum atomic E-state index is 12.1. The third-order valence-corrected chi connectivity index (χ3v) is 3.26. The molecule has 0 saturated heterocycles. The first kappa shape index (κ1) is 19.6. The molecule has 0 unspecified atom stereocenters. The van der Waals surface area contributed by atoms with Crippen molar-refractivity contribution in [3.05, 3.63) is 41.7 Å². The number of carbonyl (C=O) groups excluding carboxylic acids is 2. The van der Waals surface area contributed by atoms with E-state index in [2.05, 4.69) is 4.98 Å². The van der Waals surface area contributed by atoms with Crippen LogP contribution in [0.25, 0.3) is 11.5 Å². The van der Waals surface area contributed by atoms with E-state index in [1.54, 1.807) is 41.5 Å². The summed E-state index contributed by atoms with van der Waals surface area (Å²) in [6.07, 6.45) is 1.97. The van der Waals surface area contributed by atoms with Gasteiger partial charge in [-0.05, 0) is 24.3 Å². The number of hydrogen-bond acceptors (Lipinski definition) is 5. The molecule has 0 fully saturated rings. The van der Waals surface area contributed by atoms with E-state index in [-0.39, 0.29) is 23.0 Å². The Hall–Kier alpha value is -2.43. The van der Waals surface area contributed by atoms with Crippen molar-refractivity contribution < 1.29 is 19.8 Å². The van der Waals surface area contributed by atoms with Crippen LogP contribution in [0.5, 0.6) is 0 Å². The van der Waals surface area contributed by atoms with Gasteiger partial charge in [-0.1, -0.05) is 59.1 Å². The maximum Gasteiger partial charge on any atom is 0.160 e. The van der Waals surface area contributed by atoms with Gasteiger partial charge in [0.25, 0.3) is 0 Å². The van der Waals surface area contributed by atoms with Gasteiger partial charge in [0.15, 0.2) is 11.6 Å². The van der Waals surface area contributed by atoms with Crippen LogP contribution in [0, 0.1) is 10.8 Å². The quantitative estimate of drug-likeness (QED) is 0.619. The Kier molecular flexibility index (Phi) is 5.71. The summed E-state index contributed by atoms with van der Waals surface area (Å²) in [6, 6.07) is 4.35. The second-order valence-corrected chi connectivity index (χ2v) is 7.65. The minimum absolute atomic E-state index is 0.00458. The molecule has 1 heterocycles. The van der Waals surface area contributed by atoms with E-state index in [0.717, 1.165) is 12.2 Å². The summed E-state index contributed by atoms with van der Waals surface area (Å²) < 4.78 is 0. The molecule has 0 radical (unpaired) electrons. The van der Waals surface area contributed by atoms with Crippen LogP contribution in [0.4, 0.5) is 0 Å². The van der Waals surface area contributed by atoms with Gasteiger partial charge in [-0.25, -0.2) is 0 Å². The topological polar surface area (TPSA) is 93.1 Å². The van der Waals surface area contributed by atoms with Crippen LogP contribution >= 0.6 is 0 Å². The lowest BCUT2D eigenvalue weighted by molar-refractivity contribution is -0.245. The number of hydrogen-bond donors (Lipinski definition) is 0. The molecule has 5 heteroatoms. The van der Waals surface area contributed by atoms with Crippen LogP contribution in [0.2, 0.25) is 0 Å². The first-order valence-electron chi connectivity index (χ1n) is 7.66. The molecule has 0 bridgehead atoms. The molecule has 0 aliphatic carbocycles. The third-order valence-electron chi connectivity index (χ3n) is 3.26. The van der Waals surface area contributed by atoms with Crippen LogP contribution in [-0.4, -0.2) is 16.6 Å². The van der Waals surface area contributed by atoms with E-state index in [0.29, 0.717) is 0 Å². The standard InChI is InChI=1S/C19H25NO4/c1-18(2,3)16(23)10-14(21)12-8-7-9-13(20-12)15(22)11-17(24)19(4,5)6/h7-11,21-22H,1-6H3/p-2/b14-10-,15-11-. The van der Waals surface area contributed by atoms with Crippen molar-refractivity contribution in [3.8, 4) is 0 Å². The Morgan fingerprint density at radius 1 is 0.833 bits per heavy atom. The Morgan fingerprint density at radius 2 is 1.17 bits per heavy atom. The fraction of sp³-hybridized carbons (Fsp3) is 0.421. The van der Waals surface area contributed by atoms with Crippen molar-refractivity contribution in [1.29, 1.82) is 0 Å². The summed E-state index contributed by atoms with van der Waals surface area (Å²) in [6.45, 7) is 10.2. The molecular weight excluding hydrogens is 306 g/mol. The molecule has 5 nitrogen and oxygen atoms in total. The van der Waals surface area contributed by atoms with Gasteiger partial charge in [0.2, 0.25) is 0 Å². The van der Waals surface area contributed by atoms with E-state index in [4.69, 9.17) is 0 Å². The molecule has 0 aliphatic rings. The molecule has 0 spiro atoms. The average molecular weight is 329 g/mol. The van der Waals surface area contributed by atoms with Gasteiger partial charge in [-0.2, -0.15) is 0 Å². The van der Waals surface area contributed by atoms with Crippen molar-refractivity contribution in [1.82, 2.24) is 4.98 Å². The maximum absolute atomic E-state index is 12.1. The van der Waals surface area contributed by atoms with E-state index < -0.39 is 22.3 Å². The Bertz CT molecular complexity index is 644. The zero-order valence-electron chi connectivity index (χ0n) is 15.0. The van der Waals surface area contributed by atoms with E-state index >= 15 is 0 Å². The Balaban J connectivity index is 3.15. The Morgan fingerprint density at radius 3 is 1.46 bits per heavy atom. The first-order valence-corrected chi connectivity index (χ1v) is 7.66. The second kappa shape index (κ2) is 6.99. The summed E-state index contributed by atoms with van der Waals surface area (Å²) in [7, 11) is 0. The number of aromatic nitrogens is 1. The zero-order chi connectivity index (χ0) is 18.7. The summed E-state index contributed by atoms with van der Waals surface area (Å²) in [5.41, 5.74) is -1.35. The summed E-state index contributed by atoms with van der Waals surface area (Å²) in [5, 5.41) is 24.3. The molecular formula is C19H23NO4-2. The number of nitrogens with zero attached hydrogens (tertiary/aromatic N) is 1. The van der Waals surface area contributed by atoms with Crippen LogP contribution in [0.15, 0.2) is 30.4 Å². The van der Waals surface area contributed by atoms with Gasteiger partial charge in [0.1, 0.15) is 0 Å². The van der Waals surface area contributed by atoms with E-state index in [9.17, 15) is 19.8 Å². The number of pyridine rings is 1. The molecule has 24 heavy (non-hydrogen) atoms. The molecule has 0 aromatic carbocycles. The molecule has 1 rings (SSSR count). The fourth-order valence-electron chi connectivity index (χ4n) is 1.53. The van der Waals surface area contributed by atoms with Gasteiger partial charge >= 0.3 is 0 Å². The highest BCUT2D eigenvalue weighted by Gasteiger charge is 2.19. The van der Waals surface area contributed by atoms with Gasteiger partial charge in [-0.15, -0.1) is 0 Å². The third kappa shape index (κ3) is 5.33. The van der Waals surface area contributed by atoms with Gasteiger partial charge < -0.3 is 10.2 Å². The monoisotopic (exact) mass is 329 g/mol. The number of allylic oxidation sites excluding steroid dienone is 2. The zero-order valence-corrected chi connectivity index (χ0v) is 15.0. The predicted octanol–water partition coefficient (Wildman–Crippen LogP) is 1.71. The molecule has 0 atom stereocenters. The number of carbonyl (C=O) groups is 2. The van der Waals surface area contributed by atoms with Crippen LogP contribution in [0.3, 0.4) is 0 Å². The normalized spacial score (nSPS) is 13.8. The lowest BCUT2D eigenvalue weighted by Crippen LogP contribution is -2.20. The van der Waals surface area contributed by atoms with Gasteiger partial charge in [0, 0.05) is 10.8 Å². The molecule has 130 valence electrons. The van der Waals surface area contributed by atoms with Crippen molar-refractivity contribution in [3.63, 3.8) is 0 Å². The van der Waals surface area contributed by atoms with Crippen molar-refractivity contribution in [2.24, 2.45) is 10.8 Å². The van der Waals surface area contributed by atoms with E-state index in [1.165, 1.54) is 18.2 Å². The highest BCUT2D eigenvalue weighted by molar-refractivity contribution is 5.99. The van der Waals surface area contributed by atoms with Gasteiger partial charge in [-0.3, -0.25) is 14.6 Å². The molecule has 0 N–H and O–H groups in total. The highest BCUT2D eigenvalue weighted by atomic mass is 16.3. The fourth-order valence-corrected chi connectivity index (χ4v) is 1.53. The van der Waals surface area contributed by atoms with Crippen LogP contribution < -0.4 is 10.2 Å². The van der Waals surface area contributed by atoms with Crippen LogP contribution in [-0.2, 0) is 9.59 Å². The average Bonchev–Trinajstić information content (AvgIpc) is 2.45. The second-order valence-electron chi connectivity index (χ2n) is 7.65. The summed E-state index contributed by atoms with van der Waals surface area (Å²) in [5.74, 6) is -1.76. The highest BCUT2D eigenvalue weighted by Crippen LogP contribution is 2.19. The lowest BCUT2D eigenvalue weighted by Gasteiger charge is -2.20. The molecule has 0 amide bonds. The summed E-state index contributed by atoms with van der Waals surface area (Å²) >= 11 is 0. The number of rotatable bonds is 4. The predicted molar refractivity (Wildman–Crippen MR) is 89.1 cm³/mol. The lowest BCUT2D eigenvalue weighted by atomic mass is 9.90. The number of ketones is 2. The van der Waals surface area contributed by atoms with Crippen LogP contribution in [0.1, 0.15) is 52.9 Å². The minimum Gasteiger partial charge on any atom is -0.871 e. The molecule has 1 aromatic rings. The van der Waals surface area contributed by atoms with Crippen molar-refractivity contribution >= 4 is 23.1 Å².